The second kappa shape index (κ2) is 10.7. The molecular formula is C24H26ClN3O4S. The van der Waals surface area contributed by atoms with Crippen molar-refractivity contribution in [1.29, 1.82) is 0 Å². The number of likely N-dealkylation sites (N-methyl/N-ethyl adjacent to an activating group) is 1. The number of benzene rings is 3. The van der Waals surface area contributed by atoms with Gasteiger partial charge in [0.25, 0.3) is 15.9 Å². The second-order valence-corrected chi connectivity index (χ2v) is 9.63. The van der Waals surface area contributed by atoms with E-state index in [1.807, 2.05) is 43.3 Å². The van der Waals surface area contributed by atoms with Crippen molar-refractivity contribution in [3.8, 4) is 5.75 Å². The Morgan fingerprint density at radius 3 is 2.42 bits per heavy atom. The summed E-state index contributed by atoms with van der Waals surface area (Å²) in [6, 6.07) is 19.9. The fourth-order valence-corrected chi connectivity index (χ4v) is 4.72. The summed E-state index contributed by atoms with van der Waals surface area (Å²) >= 11 is 6.06. The molecular weight excluding hydrogens is 462 g/mol. The minimum atomic E-state index is -3.93. The van der Waals surface area contributed by atoms with Gasteiger partial charge >= 0.3 is 0 Å². The second-order valence-electron chi connectivity index (χ2n) is 7.54. The van der Waals surface area contributed by atoms with Crippen LogP contribution >= 0.6 is 11.6 Å². The average molecular weight is 488 g/mol. The molecule has 1 unspecified atom stereocenters. The third-order valence-electron chi connectivity index (χ3n) is 5.10. The lowest BCUT2D eigenvalue weighted by Crippen LogP contribution is -2.34. The predicted octanol–water partition coefficient (Wildman–Crippen LogP) is 4.18. The van der Waals surface area contributed by atoms with Gasteiger partial charge in [-0.1, -0.05) is 48.0 Å². The topological polar surface area (TPSA) is 87.7 Å². The molecule has 3 aromatic carbocycles. The van der Waals surface area contributed by atoms with Crippen LogP contribution in [0.3, 0.4) is 0 Å². The van der Waals surface area contributed by atoms with Crippen molar-refractivity contribution in [3.63, 3.8) is 0 Å². The molecule has 0 fully saturated rings. The molecule has 0 aromatic heterocycles. The van der Waals surface area contributed by atoms with Gasteiger partial charge in [0, 0.05) is 17.7 Å². The molecule has 2 N–H and O–H groups in total. The monoisotopic (exact) mass is 487 g/mol. The van der Waals surface area contributed by atoms with Crippen LogP contribution in [0.1, 0.15) is 22.0 Å². The van der Waals surface area contributed by atoms with E-state index in [1.165, 1.54) is 18.2 Å². The number of para-hydroxylation sites is 2. The molecule has 7 nitrogen and oxygen atoms in total. The third-order valence-corrected chi connectivity index (χ3v) is 6.79. The number of carbonyl (C=O) groups is 1. The van der Waals surface area contributed by atoms with Crippen LogP contribution in [0.2, 0.25) is 5.02 Å². The van der Waals surface area contributed by atoms with Crippen LogP contribution in [0.15, 0.2) is 77.7 Å². The maximum absolute atomic E-state index is 12.9. The minimum absolute atomic E-state index is 0.0380. The Bertz CT molecular complexity index is 1230. The molecule has 0 bridgehead atoms. The van der Waals surface area contributed by atoms with Gasteiger partial charge in [0.2, 0.25) is 0 Å². The van der Waals surface area contributed by atoms with Gasteiger partial charge in [-0.25, -0.2) is 8.42 Å². The Kier molecular flexibility index (Phi) is 7.97. The largest absolute Gasteiger partial charge is 0.496 e. The number of halogens is 1. The fraction of sp³-hybridized carbons (Fsp3) is 0.208. The van der Waals surface area contributed by atoms with Gasteiger partial charge in [-0.05, 0) is 50.5 Å². The van der Waals surface area contributed by atoms with Crippen LogP contribution in [0.25, 0.3) is 0 Å². The van der Waals surface area contributed by atoms with Crippen molar-refractivity contribution < 1.29 is 17.9 Å². The third kappa shape index (κ3) is 6.04. The predicted molar refractivity (Wildman–Crippen MR) is 130 cm³/mol. The van der Waals surface area contributed by atoms with Gasteiger partial charge in [0.05, 0.1) is 28.8 Å². The van der Waals surface area contributed by atoms with E-state index in [4.69, 9.17) is 16.3 Å². The zero-order valence-electron chi connectivity index (χ0n) is 18.6. The molecule has 3 rings (SSSR count). The first kappa shape index (κ1) is 24.6. The number of sulfonamides is 1. The van der Waals surface area contributed by atoms with Gasteiger partial charge in [0.1, 0.15) is 5.75 Å². The smallest absolute Gasteiger partial charge is 0.261 e. The van der Waals surface area contributed by atoms with Crippen LogP contribution in [0.4, 0.5) is 5.69 Å². The molecule has 3 aromatic rings. The number of methoxy groups -OCH3 is 1. The van der Waals surface area contributed by atoms with Gasteiger partial charge < -0.3 is 15.0 Å². The van der Waals surface area contributed by atoms with Crippen LogP contribution in [0.5, 0.6) is 5.75 Å². The highest BCUT2D eigenvalue weighted by atomic mass is 35.5. The Morgan fingerprint density at radius 1 is 1.03 bits per heavy atom. The van der Waals surface area contributed by atoms with Crippen LogP contribution in [-0.2, 0) is 10.0 Å². The summed E-state index contributed by atoms with van der Waals surface area (Å²) in [6.45, 7) is 0.307. The highest BCUT2D eigenvalue weighted by Crippen LogP contribution is 2.28. The molecule has 0 saturated carbocycles. The van der Waals surface area contributed by atoms with Crippen LogP contribution in [0, 0.1) is 0 Å². The molecule has 1 amide bonds. The minimum Gasteiger partial charge on any atom is -0.496 e. The Hall–Kier alpha value is -3.07. The fourth-order valence-electron chi connectivity index (χ4n) is 3.36. The number of nitrogens with one attached hydrogen (secondary N) is 2. The molecule has 1 atom stereocenters. The lowest BCUT2D eigenvalue weighted by atomic mass is 10.0. The molecule has 0 aliphatic carbocycles. The van der Waals surface area contributed by atoms with Gasteiger partial charge in [-0.2, -0.15) is 0 Å². The zero-order chi connectivity index (χ0) is 24.0. The number of rotatable bonds is 9. The average Bonchev–Trinajstić information content (AvgIpc) is 2.80. The SMILES string of the molecule is COc1ccccc1C(CNC(=O)c1cccc(S(=O)(=O)Nc2ccccc2Cl)c1)N(C)C. The summed E-state index contributed by atoms with van der Waals surface area (Å²) in [6.07, 6.45) is 0. The normalized spacial score (nSPS) is 12.3. The lowest BCUT2D eigenvalue weighted by molar-refractivity contribution is 0.0941. The molecule has 0 saturated heterocycles. The Morgan fingerprint density at radius 2 is 1.73 bits per heavy atom. The molecule has 9 heteroatoms. The molecule has 0 radical (unpaired) electrons. The highest BCUT2D eigenvalue weighted by molar-refractivity contribution is 7.92. The summed E-state index contributed by atoms with van der Waals surface area (Å²) in [4.78, 5) is 14.8. The van der Waals surface area contributed by atoms with E-state index in [1.54, 1.807) is 37.4 Å². The van der Waals surface area contributed by atoms with Crippen molar-refractivity contribution in [3.05, 3.63) is 88.9 Å². The Labute approximate surface area is 199 Å². The highest BCUT2D eigenvalue weighted by Gasteiger charge is 2.21. The molecule has 0 aliphatic rings. The van der Waals surface area contributed by atoms with E-state index >= 15 is 0 Å². The molecule has 33 heavy (non-hydrogen) atoms. The van der Waals surface area contributed by atoms with E-state index in [2.05, 4.69) is 10.0 Å². The van der Waals surface area contributed by atoms with E-state index < -0.39 is 10.0 Å². The molecule has 0 spiro atoms. The first-order valence-electron chi connectivity index (χ1n) is 10.2. The van der Waals surface area contributed by atoms with E-state index in [0.29, 0.717) is 6.54 Å². The lowest BCUT2D eigenvalue weighted by Gasteiger charge is -2.26. The summed E-state index contributed by atoms with van der Waals surface area (Å²) in [5.41, 5.74) is 1.43. The Balaban J connectivity index is 1.77. The summed E-state index contributed by atoms with van der Waals surface area (Å²) in [7, 11) is 1.50. The van der Waals surface area contributed by atoms with E-state index in [0.717, 1.165) is 11.3 Å². The van der Waals surface area contributed by atoms with Crippen molar-refractivity contribution in [2.75, 3.05) is 32.5 Å². The van der Waals surface area contributed by atoms with Crippen LogP contribution in [-0.4, -0.2) is 47.0 Å². The van der Waals surface area contributed by atoms with Gasteiger partial charge in [0.15, 0.2) is 0 Å². The molecule has 0 heterocycles. The number of anilines is 1. The first-order chi connectivity index (χ1) is 15.7. The van der Waals surface area contributed by atoms with Crippen molar-refractivity contribution in [2.45, 2.75) is 10.9 Å². The quantitative estimate of drug-likeness (QED) is 0.472. The maximum Gasteiger partial charge on any atom is 0.261 e. The van der Waals surface area contributed by atoms with Crippen molar-refractivity contribution in [1.82, 2.24) is 10.2 Å². The summed E-state index contributed by atoms with van der Waals surface area (Å²) in [5, 5.41) is 3.17. The number of nitrogens with zero attached hydrogens (tertiary/aromatic N) is 1. The number of hydrogen-bond acceptors (Lipinski definition) is 5. The van der Waals surface area contributed by atoms with E-state index in [-0.39, 0.29) is 33.1 Å². The number of ether oxygens (including phenoxy) is 1. The molecule has 0 aliphatic heterocycles. The summed E-state index contributed by atoms with van der Waals surface area (Å²) in [5.74, 6) is 0.343. The van der Waals surface area contributed by atoms with Gasteiger partial charge in [-0.15, -0.1) is 0 Å². The number of amides is 1. The maximum atomic E-state index is 12.9. The number of hydrogen-bond donors (Lipinski definition) is 2. The van der Waals surface area contributed by atoms with Crippen LogP contribution < -0.4 is 14.8 Å². The molecule has 174 valence electrons. The first-order valence-corrected chi connectivity index (χ1v) is 12.0. The summed E-state index contributed by atoms with van der Waals surface area (Å²) < 4.78 is 33.5. The number of carbonyl (C=O) groups excluding carboxylic acids is 1. The zero-order valence-corrected chi connectivity index (χ0v) is 20.2. The van der Waals surface area contributed by atoms with Crippen molar-refractivity contribution in [2.24, 2.45) is 0 Å². The van der Waals surface area contributed by atoms with Gasteiger partial charge in [-0.3, -0.25) is 9.52 Å². The van der Waals surface area contributed by atoms with Crippen molar-refractivity contribution >= 4 is 33.2 Å². The standard InChI is InChI=1S/C24H26ClN3O4S/c1-28(2)22(19-11-4-7-14-23(19)32-3)16-26-24(29)17-9-8-10-18(15-17)33(30,31)27-21-13-6-5-12-20(21)25/h4-15,22,27H,16H2,1-3H3,(H,26,29). The van der Waals surface area contributed by atoms with E-state index in [9.17, 15) is 13.2 Å².